The number of anilines is 1. The van der Waals surface area contributed by atoms with Crippen molar-refractivity contribution in [2.75, 3.05) is 11.9 Å². The van der Waals surface area contributed by atoms with Gasteiger partial charge in [0, 0.05) is 26.8 Å². The molecule has 0 radical (unpaired) electrons. The monoisotopic (exact) mass is 608 g/mol. The Morgan fingerprint density at radius 2 is 1.47 bits per heavy atom. The van der Waals surface area contributed by atoms with Crippen LogP contribution in [0.25, 0.3) is 0 Å². The van der Waals surface area contributed by atoms with E-state index < -0.39 is 0 Å². The summed E-state index contributed by atoms with van der Waals surface area (Å²) in [6.45, 7) is 3.00. The van der Waals surface area contributed by atoms with E-state index in [2.05, 4.69) is 17.6 Å². The maximum atomic E-state index is 12.3. The minimum atomic E-state index is -0.305. The smallest absolute Gasteiger partial charge is 0.255 e. The van der Waals surface area contributed by atoms with E-state index in [1.807, 2.05) is 24.3 Å². The summed E-state index contributed by atoms with van der Waals surface area (Å²) >= 11 is 0. The van der Waals surface area contributed by atoms with Crippen LogP contribution >= 0.6 is 0 Å². The minimum absolute atomic E-state index is 0. The third kappa shape index (κ3) is 8.16. The molecule has 1 heterocycles. The molecule has 6 heteroatoms. The van der Waals surface area contributed by atoms with Crippen LogP contribution in [0.15, 0.2) is 42.5 Å². The number of nitrogens with one attached hydrogen (secondary N) is 2. The number of amides is 1. The molecule has 2 aromatic rings. The zero-order chi connectivity index (χ0) is 21.9. The number of unbranched alkanes of at least 4 members (excludes halogenated alkanes) is 9. The van der Waals surface area contributed by atoms with E-state index in [9.17, 15) is 9.90 Å². The number of carbonyl (C=O) groups is 1. The SMILES string of the molecule is CCCCCCCCCCCCOc1ccc(C2NC(=O)c3cc(O)ccc3N2)cc1.[W]. The van der Waals surface area contributed by atoms with Crippen molar-refractivity contribution in [3.8, 4) is 11.5 Å². The number of phenolic OH excluding ortho intramolecular Hbond substituents is 1. The van der Waals surface area contributed by atoms with Crippen LogP contribution in [-0.4, -0.2) is 17.6 Å². The molecule has 32 heavy (non-hydrogen) atoms. The third-order valence-electron chi connectivity index (χ3n) is 5.80. The van der Waals surface area contributed by atoms with Gasteiger partial charge in [0.15, 0.2) is 0 Å². The summed E-state index contributed by atoms with van der Waals surface area (Å²) in [5.74, 6) is 0.737. The number of rotatable bonds is 13. The zero-order valence-electron chi connectivity index (χ0n) is 19.1. The number of hydrogen-bond acceptors (Lipinski definition) is 4. The molecular formula is C26H36N2O3W. The first-order chi connectivity index (χ1) is 15.2. The molecule has 1 atom stereocenters. The van der Waals surface area contributed by atoms with E-state index in [-0.39, 0.29) is 38.9 Å². The topological polar surface area (TPSA) is 70.6 Å². The van der Waals surface area contributed by atoms with Gasteiger partial charge in [0.1, 0.15) is 17.7 Å². The fraction of sp³-hybridized carbons (Fsp3) is 0.500. The molecule has 1 unspecified atom stereocenters. The van der Waals surface area contributed by atoms with Gasteiger partial charge in [-0.2, -0.15) is 0 Å². The molecule has 5 nitrogen and oxygen atoms in total. The summed E-state index contributed by atoms with van der Waals surface area (Å²) in [6.07, 6.45) is 12.9. The first kappa shape index (κ1) is 26.3. The Morgan fingerprint density at radius 1 is 0.844 bits per heavy atom. The molecule has 3 N–H and O–H groups in total. The van der Waals surface area contributed by atoms with Gasteiger partial charge in [-0.1, -0.05) is 76.8 Å². The van der Waals surface area contributed by atoms with Gasteiger partial charge in [0.2, 0.25) is 0 Å². The second-order valence-electron chi connectivity index (χ2n) is 8.38. The van der Waals surface area contributed by atoms with Crippen LogP contribution in [0.3, 0.4) is 0 Å². The van der Waals surface area contributed by atoms with Gasteiger partial charge in [0.25, 0.3) is 5.91 Å². The maximum Gasteiger partial charge on any atom is 0.255 e. The largest absolute Gasteiger partial charge is 0.508 e. The molecule has 174 valence electrons. The number of aromatic hydroxyl groups is 1. The quantitative estimate of drug-likeness (QED) is 0.178. The van der Waals surface area contributed by atoms with Crippen LogP contribution in [0, 0.1) is 0 Å². The normalized spacial score (nSPS) is 14.7. The molecule has 0 aromatic heterocycles. The van der Waals surface area contributed by atoms with Gasteiger partial charge in [-0.25, -0.2) is 0 Å². The van der Waals surface area contributed by atoms with E-state index in [1.54, 1.807) is 12.1 Å². The molecule has 0 bridgehead atoms. The molecular weight excluding hydrogens is 572 g/mol. The van der Waals surface area contributed by atoms with Crippen LogP contribution in [-0.2, 0) is 21.1 Å². The zero-order valence-corrected chi connectivity index (χ0v) is 22.0. The van der Waals surface area contributed by atoms with Gasteiger partial charge < -0.3 is 20.5 Å². The first-order valence-corrected chi connectivity index (χ1v) is 11.8. The second-order valence-corrected chi connectivity index (χ2v) is 8.38. The fourth-order valence-corrected chi connectivity index (χ4v) is 3.95. The molecule has 0 fully saturated rings. The summed E-state index contributed by atoms with van der Waals surface area (Å²) in [6, 6.07) is 12.6. The number of phenols is 1. The van der Waals surface area contributed by atoms with Crippen LogP contribution in [0.4, 0.5) is 5.69 Å². The van der Waals surface area contributed by atoms with Crippen molar-refractivity contribution in [2.45, 2.75) is 77.3 Å². The first-order valence-electron chi connectivity index (χ1n) is 11.8. The summed E-state index contributed by atoms with van der Waals surface area (Å²) in [5.41, 5.74) is 2.12. The fourth-order valence-electron chi connectivity index (χ4n) is 3.95. The third-order valence-corrected chi connectivity index (χ3v) is 5.80. The van der Waals surface area contributed by atoms with E-state index in [0.717, 1.165) is 24.3 Å². The van der Waals surface area contributed by atoms with E-state index in [0.29, 0.717) is 11.3 Å². The molecule has 0 saturated carbocycles. The molecule has 2 aromatic carbocycles. The van der Waals surface area contributed by atoms with Crippen molar-refractivity contribution in [3.63, 3.8) is 0 Å². The van der Waals surface area contributed by atoms with E-state index in [1.165, 1.54) is 63.9 Å². The Kier molecular flexibility index (Phi) is 11.7. The van der Waals surface area contributed by atoms with E-state index >= 15 is 0 Å². The number of fused-ring (bicyclic) bond motifs is 1. The molecule has 3 rings (SSSR count). The molecule has 0 spiro atoms. The Labute approximate surface area is 206 Å². The minimum Gasteiger partial charge on any atom is -0.508 e. The van der Waals surface area contributed by atoms with Crippen molar-refractivity contribution < 1.29 is 35.7 Å². The van der Waals surface area contributed by atoms with Crippen molar-refractivity contribution in [1.29, 1.82) is 0 Å². The molecule has 0 aliphatic carbocycles. The van der Waals surface area contributed by atoms with Crippen LogP contribution < -0.4 is 15.4 Å². The maximum absolute atomic E-state index is 12.3. The predicted octanol–water partition coefficient (Wildman–Crippen LogP) is 6.54. The van der Waals surface area contributed by atoms with E-state index in [4.69, 9.17) is 4.74 Å². The number of benzene rings is 2. The number of carbonyl (C=O) groups excluding carboxylic acids is 1. The Morgan fingerprint density at radius 3 is 2.12 bits per heavy atom. The second kappa shape index (κ2) is 14.2. The average molecular weight is 608 g/mol. The summed E-state index contributed by atoms with van der Waals surface area (Å²) in [4.78, 5) is 12.3. The Balaban J connectivity index is 0.00000363. The molecule has 0 saturated heterocycles. The Hall–Kier alpha value is -2.00. The summed E-state index contributed by atoms with van der Waals surface area (Å²) in [5, 5.41) is 15.8. The predicted molar refractivity (Wildman–Crippen MR) is 126 cm³/mol. The van der Waals surface area contributed by atoms with Crippen molar-refractivity contribution >= 4 is 11.6 Å². The van der Waals surface area contributed by atoms with Crippen molar-refractivity contribution in [1.82, 2.24) is 5.32 Å². The summed E-state index contributed by atoms with van der Waals surface area (Å²) < 4.78 is 5.88. The van der Waals surface area contributed by atoms with Gasteiger partial charge >= 0.3 is 0 Å². The Bertz CT molecular complexity index is 826. The average Bonchev–Trinajstić information content (AvgIpc) is 2.78. The van der Waals surface area contributed by atoms with Gasteiger partial charge in [-0.05, 0) is 42.3 Å². The molecule has 1 aliphatic heterocycles. The number of ether oxygens (including phenoxy) is 1. The standard InChI is InChI=1S/C26H36N2O3.W/c1-2-3-4-5-6-7-8-9-10-11-18-31-22-15-12-20(13-16-22)25-27-24-17-14-21(29)19-23(24)26(30)28-25;/h12-17,19,25,27,29H,2-11,18H2,1H3,(H,28,30);. The van der Waals surface area contributed by atoms with Crippen LogP contribution in [0.1, 0.15) is 93.2 Å². The van der Waals surface area contributed by atoms with Crippen molar-refractivity contribution in [3.05, 3.63) is 53.6 Å². The molecule has 1 aliphatic rings. The molecule has 1 amide bonds. The van der Waals surface area contributed by atoms with Crippen LogP contribution in [0.5, 0.6) is 11.5 Å². The van der Waals surface area contributed by atoms with Gasteiger partial charge in [-0.3, -0.25) is 4.79 Å². The van der Waals surface area contributed by atoms with Gasteiger partial charge in [-0.15, -0.1) is 0 Å². The summed E-state index contributed by atoms with van der Waals surface area (Å²) in [7, 11) is 0. The van der Waals surface area contributed by atoms with Crippen LogP contribution in [0.2, 0.25) is 0 Å². The van der Waals surface area contributed by atoms with Gasteiger partial charge in [0.05, 0.1) is 12.2 Å². The number of hydrogen-bond donors (Lipinski definition) is 3. The van der Waals surface area contributed by atoms with Crippen molar-refractivity contribution in [2.24, 2.45) is 0 Å².